The second-order valence-corrected chi connectivity index (χ2v) is 47.1. The van der Waals surface area contributed by atoms with Crippen LogP contribution in [0.1, 0.15) is 480 Å². The van der Waals surface area contributed by atoms with Crippen LogP contribution in [-0.2, 0) is 127 Å². The van der Waals surface area contributed by atoms with Crippen LogP contribution in [0.25, 0.3) is 0 Å². The van der Waals surface area contributed by atoms with Gasteiger partial charge in [0.2, 0.25) is 0 Å². The molecular weight excluding hydrogens is 1760 g/mol. The molecule has 13 aliphatic rings. The van der Waals surface area contributed by atoms with E-state index in [-0.39, 0.29) is 149 Å². The van der Waals surface area contributed by atoms with Crippen LogP contribution in [-0.4, -0.2) is 52.9 Å². The van der Waals surface area contributed by atoms with Crippen molar-refractivity contribution in [2.75, 3.05) is 52.9 Å². The van der Waals surface area contributed by atoms with Crippen molar-refractivity contribution in [3.63, 3.8) is 0 Å². The molecule has 4 saturated heterocycles. The van der Waals surface area contributed by atoms with Gasteiger partial charge in [0.05, 0.1) is 0 Å². The molecule has 0 spiro atoms. The summed E-state index contributed by atoms with van der Waals surface area (Å²) < 4.78 is 19.8. The zero-order valence-electron chi connectivity index (χ0n) is 90.8. The molecule has 5 aromatic rings. The molecule has 12 heteroatoms. The van der Waals surface area contributed by atoms with Gasteiger partial charge in [-0.2, -0.15) is 5.76 Å². The summed E-state index contributed by atoms with van der Waals surface area (Å²) in [5.74, 6) is 2.61. The van der Waals surface area contributed by atoms with Gasteiger partial charge in [0.25, 0.3) is 0 Å². The van der Waals surface area contributed by atoms with E-state index in [9.17, 15) is 20.4 Å². The summed E-state index contributed by atoms with van der Waals surface area (Å²) in [4.78, 5) is 0. The zero-order valence-corrected chi connectivity index (χ0v) is 95.5. The molecule has 5 aromatic carbocycles. The van der Waals surface area contributed by atoms with Gasteiger partial charge in [-0.25, -0.2) is 0 Å². The predicted octanol–water partition coefficient (Wildman–Crippen LogP) is 24.8. The maximum Gasteiger partial charge on any atom is 4.00 e. The van der Waals surface area contributed by atoms with E-state index < -0.39 is 0 Å². The van der Waals surface area contributed by atoms with Crippen LogP contribution in [0.5, 0.6) is 17.2 Å². The Bertz CT molecular complexity index is 3970. The van der Waals surface area contributed by atoms with E-state index >= 15 is 0 Å². The van der Waals surface area contributed by atoms with Gasteiger partial charge in [-0.1, -0.05) is 318 Å². The fraction of sp³-hybridized carbons (Fsp3) is 0.697. The van der Waals surface area contributed by atoms with Gasteiger partial charge in [-0.15, -0.1) is 51.5 Å². The van der Waals surface area contributed by atoms with Gasteiger partial charge in [-0.05, 0) is 334 Å². The van der Waals surface area contributed by atoms with E-state index in [1.165, 1.54) is 101 Å². The molecule has 0 atom stereocenters. The van der Waals surface area contributed by atoms with Crippen molar-refractivity contribution in [1.29, 1.82) is 0 Å². The molecule has 0 aromatic heterocycles. The van der Waals surface area contributed by atoms with Crippen LogP contribution in [0.2, 0.25) is 0 Å². The predicted molar refractivity (Wildman–Crippen MR) is 546 cm³/mol. The molecule has 0 amide bonds. The van der Waals surface area contributed by atoms with Crippen LogP contribution in [0.15, 0.2) is 125 Å². The average Bonchev–Trinajstić information content (AvgIpc) is 1.56. The van der Waals surface area contributed by atoms with Gasteiger partial charge in [0.1, 0.15) is 0 Å². The van der Waals surface area contributed by atoms with Crippen molar-refractivity contribution in [2.24, 2.45) is 16.2 Å². The summed E-state index contributed by atoms with van der Waals surface area (Å²) in [5, 5.41) is 55.0. The third-order valence-corrected chi connectivity index (χ3v) is 35.6. The van der Waals surface area contributed by atoms with Crippen molar-refractivity contribution in [1.82, 2.24) is 0 Å². The molecule has 0 N–H and O–H groups in total. The molecule has 0 bridgehead atoms. The number of fused-ring (bicyclic) bond motifs is 8. The van der Waals surface area contributed by atoms with Gasteiger partial charge in [0, 0.05) is 52.9 Å². The van der Waals surface area contributed by atoms with E-state index in [4.69, 9.17) is 18.9 Å². The van der Waals surface area contributed by atoms with E-state index in [0.29, 0.717) is 23.0 Å². The Labute approximate surface area is 863 Å². The van der Waals surface area contributed by atoms with Crippen molar-refractivity contribution >= 4 is 0 Å². The fourth-order valence-electron chi connectivity index (χ4n) is 28.4. The molecule has 18 rings (SSSR count). The molecular formula is C122H187Cl2O8Ti2. The molecule has 9 aliphatic carbocycles. The van der Waals surface area contributed by atoms with Gasteiger partial charge in [0.15, 0.2) is 0 Å². The zero-order chi connectivity index (χ0) is 96.3. The minimum atomic E-state index is -0.00739. The quantitative estimate of drug-likeness (QED) is 0.0748. The Kier molecular flexibility index (Phi) is 44.2. The molecule has 0 unspecified atom stereocenters. The Hall–Kier alpha value is -3.76. The molecule has 1 radical (unpaired) electrons. The van der Waals surface area contributed by atoms with E-state index in [1.54, 1.807) is 0 Å². The van der Waals surface area contributed by atoms with Crippen LogP contribution >= 0.6 is 0 Å². The minimum Gasteiger partial charge on any atom is -1.00 e. The number of hydrogen-bond acceptors (Lipinski definition) is 8. The maximum atomic E-state index is 13.8. The molecule has 745 valence electrons. The first-order valence-corrected chi connectivity index (χ1v) is 53.0. The van der Waals surface area contributed by atoms with Crippen molar-refractivity contribution in [3.05, 3.63) is 198 Å². The minimum absolute atomic E-state index is 0. The van der Waals surface area contributed by atoms with Crippen molar-refractivity contribution in [3.8, 4) is 17.2 Å². The van der Waals surface area contributed by atoms with Gasteiger partial charge in [-0.3, -0.25) is 0 Å². The second-order valence-electron chi connectivity index (χ2n) is 47.1. The van der Waals surface area contributed by atoms with Crippen LogP contribution < -0.4 is 45.2 Å². The van der Waals surface area contributed by atoms with Gasteiger partial charge < -0.3 is 64.2 Å². The standard InChI is InChI=1S/3C24H38O.C22H33O.2C6H6.4C4H8O.2ClH.2Ti/c3*1-9-23(10-2)14-21(5,6)18-16(23)13-17-19(20(18)25)22(7,8)15-24(17,11-3)12-4;1-8-14-12-20(4,5)17-15(14)11-16-18(19(17)23)21(6,7)13-22(16,9-2)10-3;2*1-2-4-6-5-3-1;4*1-2-4-5-3-1;;;;/h3*13,25H,9-12,14-15H2,1-8H3;11,23H,8-10,12-13H2,1-7H3;2*1-6H;4*1-4H2;2*1H;;/q;;;-1;;;;;;;;;+3;+4/p-6. The Morgan fingerprint density at radius 2 is 0.455 bits per heavy atom. The van der Waals surface area contributed by atoms with Crippen LogP contribution in [0, 0.1) is 22.2 Å². The van der Waals surface area contributed by atoms with Crippen molar-refractivity contribution in [2.45, 2.75) is 479 Å². The van der Waals surface area contributed by atoms with Gasteiger partial charge >= 0.3 is 43.4 Å². The summed E-state index contributed by atoms with van der Waals surface area (Å²) in [6.45, 7) is 79.1. The third kappa shape index (κ3) is 24.1. The number of allylic oxidation sites excluding steroid dienone is 5. The van der Waals surface area contributed by atoms with Crippen LogP contribution in [0.4, 0.5) is 0 Å². The first-order valence-electron chi connectivity index (χ1n) is 53.0. The maximum absolute atomic E-state index is 13.8. The molecule has 8 nitrogen and oxygen atoms in total. The summed E-state index contributed by atoms with van der Waals surface area (Å²) in [6.07, 6.45) is 38.4. The third-order valence-electron chi connectivity index (χ3n) is 35.6. The number of hydrogen-bond donors (Lipinski definition) is 0. The summed E-state index contributed by atoms with van der Waals surface area (Å²) in [5.41, 5.74) is 21.8. The molecule has 1 saturated carbocycles. The second kappa shape index (κ2) is 49.0. The first kappa shape index (κ1) is 121. The molecule has 4 heterocycles. The number of benzene rings is 5. The number of ether oxygens (including phenoxy) is 4. The summed E-state index contributed by atoms with van der Waals surface area (Å²) >= 11 is 0. The van der Waals surface area contributed by atoms with Crippen molar-refractivity contribution < 1.29 is 108 Å². The Balaban J connectivity index is 0.000000280. The Morgan fingerprint density at radius 3 is 0.612 bits per heavy atom. The average molecular weight is 1950 g/mol. The molecule has 134 heavy (non-hydrogen) atoms. The number of halogens is 2. The van der Waals surface area contributed by atoms with Crippen LogP contribution in [0.3, 0.4) is 0 Å². The Morgan fingerprint density at radius 1 is 0.276 bits per heavy atom. The summed E-state index contributed by atoms with van der Waals surface area (Å²) in [7, 11) is 0. The normalized spacial score (nSPS) is 22.5. The topological polar surface area (TPSA) is 129 Å². The first-order chi connectivity index (χ1) is 61.2. The monoisotopic (exact) mass is 1950 g/mol. The smallest absolute Gasteiger partial charge is 1.00 e. The summed E-state index contributed by atoms with van der Waals surface area (Å²) in [6, 6.07) is 31.5. The largest absolute Gasteiger partial charge is 4.00 e. The molecule has 4 aliphatic heterocycles. The fourth-order valence-corrected chi connectivity index (χ4v) is 28.4. The van der Waals surface area contributed by atoms with E-state index in [1.807, 2.05) is 72.8 Å². The number of rotatable bonds is 15. The van der Waals surface area contributed by atoms with E-state index in [2.05, 4.69) is 239 Å². The van der Waals surface area contributed by atoms with E-state index in [0.717, 1.165) is 245 Å². The SMILES string of the molecule is C1CCOC1.C1CCOC1.C1CCOC1.C1CCOC1.CCC1(CC)CC(C)(C)c2c1cc1c(c2[O-])C(C)(C)CC1(CC)CC.CCC1(CC)CC(C)(C)c2c1cc1c(c2[O-])C(C)(C)CC1(CC)CC.CCC1(CC)CC(C)(C)c2c1cc1c(c2[O-])C(C)(C)CC1(CC)CC.CCC1=C2C=C3C(=C([O-])[C-]2C(C)(C)C1)C(C)(C)CC3(CC)CC.[Cl-].[Cl-].[Ti+3].[Ti+4].c1ccccc1.c1ccccc1. The molecule has 5 fully saturated rings.